The molecule has 1 unspecified atom stereocenters. The summed E-state index contributed by atoms with van der Waals surface area (Å²) in [6, 6.07) is 6.31. The van der Waals surface area contributed by atoms with Crippen molar-refractivity contribution in [2.24, 2.45) is 11.7 Å². The molecule has 0 aliphatic heterocycles. The first-order valence-corrected chi connectivity index (χ1v) is 10.3. The van der Waals surface area contributed by atoms with Gasteiger partial charge in [0.25, 0.3) is 5.91 Å². The Hall–Kier alpha value is -1.40. The zero-order valence-corrected chi connectivity index (χ0v) is 14.9. The Labute approximate surface area is 143 Å². The van der Waals surface area contributed by atoms with Crippen molar-refractivity contribution in [3.63, 3.8) is 0 Å². The maximum atomic E-state index is 12.6. The van der Waals surface area contributed by atoms with Crippen molar-refractivity contribution in [2.75, 3.05) is 6.54 Å². The third-order valence-corrected chi connectivity index (χ3v) is 7.77. The van der Waals surface area contributed by atoms with Gasteiger partial charge in [0, 0.05) is 12.1 Å². The van der Waals surface area contributed by atoms with Crippen LogP contribution in [0.1, 0.15) is 55.8 Å². The fourth-order valence-corrected chi connectivity index (χ4v) is 5.41. The van der Waals surface area contributed by atoms with Crippen LogP contribution in [0.15, 0.2) is 29.2 Å². The summed E-state index contributed by atoms with van der Waals surface area (Å²) in [4.78, 5) is 12.8. The predicted molar refractivity (Wildman–Crippen MR) is 93.5 cm³/mol. The summed E-state index contributed by atoms with van der Waals surface area (Å²) in [5.41, 5.74) is 5.92. The molecule has 3 rings (SSSR count). The Kier molecular flexibility index (Phi) is 4.71. The largest absolute Gasteiger partial charge is 0.345 e. The number of carbonyl (C=O) groups is 1. The Balaban J connectivity index is 1.73. The van der Waals surface area contributed by atoms with Crippen molar-refractivity contribution in [3.05, 3.63) is 29.8 Å². The summed E-state index contributed by atoms with van der Waals surface area (Å²) < 4.78 is 25.1. The molecular formula is C18H26N2O3S. The number of carbonyl (C=O) groups excluding carboxylic acids is 1. The van der Waals surface area contributed by atoms with E-state index in [9.17, 15) is 13.2 Å². The standard InChI is InChI=1S/C18H26N2O3S/c1-18(12-19,14-8-9-14)20-17(21)13-6-10-16(11-7-13)24(22,23)15-4-2-3-5-15/h6-7,10-11,14-15H,2-5,8-9,12,19H2,1H3,(H,20,21). The van der Waals surface area contributed by atoms with E-state index in [-0.39, 0.29) is 16.7 Å². The van der Waals surface area contributed by atoms with Crippen LogP contribution in [0.25, 0.3) is 0 Å². The van der Waals surface area contributed by atoms with E-state index in [2.05, 4.69) is 5.32 Å². The van der Waals surface area contributed by atoms with Crippen molar-refractivity contribution >= 4 is 15.7 Å². The summed E-state index contributed by atoms with van der Waals surface area (Å²) in [5.74, 6) is 0.244. The summed E-state index contributed by atoms with van der Waals surface area (Å²) in [7, 11) is -3.28. The van der Waals surface area contributed by atoms with E-state index in [1.165, 1.54) is 0 Å². The first-order chi connectivity index (χ1) is 11.4. The fraction of sp³-hybridized carbons (Fsp3) is 0.611. The van der Waals surface area contributed by atoms with Crippen molar-refractivity contribution in [1.82, 2.24) is 5.32 Å². The van der Waals surface area contributed by atoms with Gasteiger partial charge in [-0.1, -0.05) is 12.8 Å². The fourth-order valence-electron chi connectivity index (χ4n) is 3.56. The highest BCUT2D eigenvalue weighted by Crippen LogP contribution is 2.39. The van der Waals surface area contributed by atoms with E-state index < -0.39 is 9.84 Å². The SMILES string of the molecule is CC(CN)(NC(=O)c1ccc(S(=O)(=O)C2CCCC2)cc1)C1CC1. The number of hydrogen-bond donors (Lipinski definition) is 2. The highest BCUT2D eigenvalue weighted by atomic mass is 32.2. The molecule has 0 spiro atoms. The van der Waals surface area contributed by atoms with E-state index >= 15 is 0 Å². The molecule has 5 nitrogen and oxygen atoms in total. The Morgan fingerprint density at radius 2 is 1.75 bits per heavy atom. The summed E-state index contributed by atoms with van der Waals surface area (Å²) >= 11 is 0. The van der Waals surface area contributed by atoms with Gasteiger partial charge in [0.2, 0.25) is 0 Å². The number of sulfone groups is 1. The molecule has 132 valence electrons. The molecule has 2 aliphatic carbocycles. The maximum Gasteiger partial charge on any atom is 0.251 e. The van der Waals surface area contributed by atoms with Gasteiger partial charge in [-0.3, -0.25) is 4.79 Å². The average molecular weight is 350 g/mol. The van der Waals surface area contributed by atoms with E-state index in [1.54, 1.807) is 24.3 Å². The minimum absolute atomic E-state index is 0.195. The summed E-state index contributed by atoms with van der Waals surface area (Å²) in [5, 5.41) is 2.75. The lowest BCUT2D eigenvalue weighted by Crippen LogP contribution is -2.53. The average Bonchev–Trinajstić information content (AvgIpc) is 3.29. The molecule has 1 aromatic carbocycles. The molecule has 0 heterocycles. The van der Waals surface area contributed by atoms with Gasteiger partial charge >= 0.3 is 0 Å². The van der Waals surface area contributed by atoms with E-state index in [1.807, 2.05) is 6.92 Å². The number of rotatable bonds is 6. The highest BCUT2D eigenvalue weighted by molar-refractivity contribution is 7.92. The number of amides is 1. The lowest BCUT2D eigenvalue weighted by atomic mass is 9.95. The third-order valence-electron chi connectivity index (χ3n) is 5.49. The number of nitrogens with two attached hydrogens (primary N) is 1. The van der Waals surface area contributed by atoms with Crippen LogP contribution in [-0.4, -0.2) is 31.7 Å². The first-order valence-electron chi connectivity index (χ1n) is 8.73. The third kappa shape index (κ3) is 3.35. The smallest absolute Gasteiger partial charge is 0.251 e. The van der Waals surface area contributed by atoms with Crippen LogP contribution in [0.3, 0.4) is 0 Å². The van der Waals surface area contributed by atoms with Gasteiger partial charge < -0.3 is 11.1 Å². The molecule has 1 amide bonds. The lowest BCUT2D eigenvalue weighted by Gasteiger charge is -2.29. The second-order valence-corrected chi connectivity index (χ2v) is 9.55. The zero-order chi connectivity index (χ0) is 17.4. The van der Waals surface area contributed by atoms with Crippen LogP contribution >= 0.6 is 0 Å². The van der Waals surface area contributed by atoms with Crippen molar-refractivity contribution in [1.29, 1.82) is 0 Å². The van der Waals surface area contributed by atoms with E-state index in [0.29, 0.717) is 22.9 Å². The maximum absolute atomic E-state index is 12.6. The minimum atomic E-state index is -3.28. The molecule has 1 aromatic rings. The van der Waals surface area contributed by atoms with Crippen LogP contribution < -0.4 is 11.1 Å². The molecule has 2 fully saturated rings. The normalized spacial score (nSPS) is 21.4. The van der Waals surface area contributed by atoms with Crippen LogP contribution in [0.2, 0.25) is 0 Å². The summed E-state index contributed by atoms with van der Waals surface area (Å²) in [6.07, 6.45) is 5.60. The quantitative estimate of drug-likeness (QED) is 0.823. The minimum Gasteiger partial charge on any atom is -0.345 e. The van der Waals surface area contributed by atoms with Gasteiger partial charge in [-0.15, -0.1) is 0 Å². The van der Waals surface area contributed by atoms with Crippen molar-refractivity contribution in [2.45, 2.75) is 61.1 Å². The Bertz CT molecular complexity index is 704. The molecule has 3 N–H and O–H groups in total. The van der Waals surface area contributed by atoms with E-state index in [4.69, 9.17) is 5.73 Å². The number of hydrogen-bond acceptors (Lipinski definition) is 4. The molecule has 2 aliphatic rings. The van der Waals surface area contributed by atoms with Gasteiger partial charge in [0.15, 0.2) is 9.84 Å². The molecule has 0 bridgehead atoms. The molecule has 0 saturated heterocycles. The Morgan fingerprint density at radius 3 is 2.25 bits per heavy atom. The van der Waals surface area contributed by atoms with Gasteiger partial charge in [-0.2, -0.15) is 0 Å². The topological polar surface area (TPSA) is 89.3 Å². The number of benzene rings is 1. The van der Waals surface area contributed by atoms with Gasteiger partial charge in [0.05, 0.1) is 15.7 Å². The number of nitrogens with one attached hydrogen (secondary N) is 1. The van der Waals surface area contributed by atoms with Gasteiger partial charge in [0.1, 0.15) is 0 Å². The molecule has 2 saturated carbocycles. The van der Waals surface area contributed by atoms with Crippen LogP contribution in [0, 0.1) is 5.92 Å². The molecule has 6 heteroatoms. The molecular weight excluding hydrogens is 324 g/mol. The monoisotopic (exact) mass is 350 g/mol. The van der Waals surface area contributed by atoms with Crippen LogP contribution in [-0.2, 0) is 9.84 Å². The van der Waals surface area contributed by atoms with Gasteiger partial charge in [-0.25, -0.2) is 8.42 Å². The van der Waals surface area contributed by atoms with Crippen molar-refractivity contribution < 1.29 is 13.2 Å². The highest BCUT2D eigenvalue weighted by Gasteiger charge is 2.41. The van der Waals surface area contributed by atoms with Crippen LogP contribution in [0.4, 0.5) is 0 Å². The molecule has 24 heavy (non-hydrogen) atoms. The zero-order valence-electron chi connectivity index (χ0n) is 14.1. The second-order valence-electron chi connectivity index (χ2n) is 7.33. The first kappa shape index (κ1) is 17.4. The van der Waals surface area contributed by atoms with E-state index in [0.717, 1.165) is 38.5 Å². The van der Waals surface area contributed by atoms with Gasteiger partial charge in [-0.05, 0) is 62.8 Å². The lowest BCUT2D eigenvalue weighted by molar-refractivity contribution is 0.0897. The molecule has 0 radical (unpaired) electrons. The second kappa shape index (κ2) is 6.48. The predicted octanol–water partition coefficient (Wildman–Crippen LogP) is 2.26. The molecule has 1 atom stereocenters. The molecule has 0 aromatic heterocycles. The van der Waals surface area contributed by atoms with Crippen molar-refractivity contribution in [3.8, 4) is 0 Å². The summed E-state index contributed by atoms with van der Waals surface area (Å²) in [6.45, 7) is 2.37. The van der Waals surface area contributed by atoms with Crippen LogP contribution in [0.5, 0.6) is 0 Å². The Morgan fingerprint density at radius 1 is 1.17 bits per heavy atom.